The highest BCUT2D eigenvalue weighted by molar-refractivity contribution is 7.91. The number of aliphatic hydroxyl groups is 2. The lowest BCUT2D eigenvalue weighted by Crippen LogP contribution is -2.32. The van der Waals surface area contributed by atoms with Crippen LogP contribution in [-0.4, -0.2) is 43.4 Å². The second-order valence-electron chi connectivity index (χ2n) is 4.05. The van der Waals surface area contributed by atoms with E-state index in [1.807, 2.05) is 6.92 Å². The molecular formula is C10H22O4S. The second-order valence-corrected chi connectivity index (χ2v) is 6.53. The smallest absolute Gasteiger partial charge is 0.150 e. The molecule has 0 saturated heterocycles. The van der Waals surface area contributed by atoms with Gasteiger partial charge in [-0.05, 0) is 12.8 Å². The third kappa shape index (κ3) is 4.95. The molecule has 0 bridgehead atoms. The highest BCUT2D eigenvalue weighted by Gasteiger charge is 2.29. The zero-order valence-electron chi connectivity index (χ0n) is 9.57. The maximum Gasteiger partial charge on any atom is 0.150 e. The monoisotopic (exact) mass is 238 g/mol. The van der Waals surface area contributed by atoms with Crippen LogP contribution in [0.25, 0.3) is 0 Å². The van der Waals surface area contributed by atoms with E-state index in [-0.39, 0.29) is 24.7 Å². The van der Waals surface area contributed by atoms with Crippen LogP contribution in [0.15, 0.2) is 0 Å². The molecule has 4 nitrogen and oxygen atoms in total. The van der Waals surface area contributed by atoms with Crippen molar-refractivity contribution in [3.05, 3.63) is 0 Å². The quantitative estimate of drug-likeness (QED) is 0.649. The van der Waals surface area contributed by atoms with E-state index in [2.05, 4.69) is 0 Å². The molecular weight excluding hydrogens is 216 g/mol. The Morgan fingerprint density at radius 2 is 1.60 bits per heavy atom. The van der Waals surface area contributed by atoms with Crippen LogP contribution in [0.2, 0.25) is 0 Å². The van der Waals surface area contributed by atoms with Crippen molar-refractivity contribution < 1.29 is 18.6 Å². The summed E-state index contributed by atoms with van der Waals surface area (Å²) < 4.78 is 22.6. The summed E-state index contributed by atoms with van der Waals surface area (Å²) in [5.74, 6) is 0.163. The van der Waals surface area contributed by atoms with E-state index in [1.54, 1.807) is 6.92 Å². The Hall–Kier alpha value is -0.130. The summed E-state index contributed by atoms with van der Waals surface area (Å²) in [7, 11) is -3.01. The minimum Gasteiger partial charge on any atom is -0.396 e. The molecule has 0 unspecified atom stereocenters. The normalized spacial score (nSPS) is 13.1. The number of sulfone groups is 1. The van der Waals surface area contributed by atoms with Crippen LogP contribution in [0.1, 0.15) is 33.1 Å². The molecule has 0 amide bonds. The lowest BCUT2D eigenvalue weighted by atomic mass is 9.82. The maximum absolute atomic E-state index is 11.3. The zero-order chi connectivity index (χ0) is 11.9. The van der Waals surface area contributed by atoms with Gasteiger partial charge in [-0.1, -0.05) is 20.3 Å². The molecule has 92 valence electrons. The molecule has 0 atom stereocenters. The second kappa shape index (κ2) is 6.45. The first-order valence-corrected chi connectivity index (χ1v) is 7.19. The van der Waals surface area contributed by atoms with Crippen molar-refractivity contribution in [1.82, 2.24) is 0 Å². The maximum atomic E-state index is 11.3. The van der Waals surface area contributed by atoms with Gasteiger partial charge in [-0.25, -0.2) is 8.42 Å². The third-order valence-electron chi connectivity index (χ3n) is 2.83. The van der Waals surface area contributed by atoms with Crippen molar-refractivity contribution >= 4 is 9.84 Å². The standard InChI is InChI=1S/C10H22O4S/c1-3-5-10(8-11,9-12)6-7-15(13,14)4-2/h11-12H,3-9H2,1-2H3. The van der Waals surface area contributed by atoms with Gasteiger partial charge < -0.3 is 10.2 Å². The van der Waals surface area contributed by atoms with Crippen molar-refractivity contribution in [2.75, 3.05) is 24.7 Å². The van der Waals surface area contributed by atoms with Crippen molar-refractivity contribution in [2.24, 2.45) is 5.41 Å². The molecule has 0 spiro atoms. The summed E-state index contributed by atoms with van der Waals surface area (Å²) in [6.45, 7) is 3.25. The Balaban J connectivity index is 4.42. The van der Waals surface area contributed by atoms with E-state index in [4.69, 9.17) is 0 Å². The number of aliphatic hydroxyl groups excluding tert-OH is 2. The molecule has 15 heavy (non-hydrogen) atoms. The van der Waals surface area contributed by atoms with E-state index in [1.165, 1.54) is 0 Å². The van der Waals surface area contributed by atoms with Crippen LogP contribution < -0.4 is 0 Å². The summed E-state index contributed by atoms with van der Waals surface area (Å²) in [6, 6.07) is 0. The number of rotatable bonds is 8. The molecule has 0 radical (unpaired) electrons. The summed E-state index contributed by atoms with van der Waals surface area (Å²) in [4.78, 5) is 0. The van der Waals surface area contributed by atoms with E-state index >= 15 is 0 Å². The zero-order valence-corrected chi connectivity index (χ0v) is 10.4. The summed E-state index contributed by atoms with van der Waals surface area (Å²) in [5.41, 5.74) is -0.628. The Kier molecular flexibility index (Phi) is 6.40. The van der Waals surface area contributed by atoms with Gasteiger partial charge in [0.1, 0.15) is 9.84 Å². The summed E-state index contributed by atoms with van der Waals surface area (Å²) in [5, 5.41) is 18.4. The van der Waals surface area contributed by atoms with Gasteiger partial charge in [0, 0.05) is 11.2 Å². The number of hydrogen-bond acceptors (Lipinski definition) is 4. The molecule has 0 aromatic rings. The fourth-order valence-corrected chi connectivity index (χ4v) is 2.57. The Labute approximate surface area is 92.2 Å². The first kappa shape index (κ1) is 14.9. The van der Waals surface area contributed by atoms with E-state index in [0.717, 1.165) is 6.42 Å². The van der Waals surface area contributed by atoms with Gasteiger partial charge in [-0.2, -0.15) is 0 Å². The molecule has 0 saturated carbocycles. The van der Waals surface area contributed by atoms with Gasteiger partial charge >= 0.3 is 0 Å². The van der Waals surface area contributed by atoms with Crippen LogP contribution in [0.5, 0.6) is 0 Å². The van der Waals surface area contributed by atoms with E-state index in [0.29, 0.717) is 12.8 Å². The van der Waals surface area contributed by atoms with Gasteiger partial charge in [0.2, 0.25) is 0 Å². The van der Waals surface area contributed by atoms with Crippen LogP contribution in [0, 0.1) is 5.41 Å². The largest absolute Gasteiger partial charge is 0.396 e. The molecule has 0 aliphatic heterocycles. The van der Waals surface area contributed by atoms with Crippen molar-refractivity contribution in [1.29, 1.82) is 0 Å². The minimum absolute atomic E-state index is 0.0462. The average molecular weight is 238 g/mol. The predicted molar refractivity (Wildman–Crippen MR) is 60.5 cm³/mol. The van der Waals surface area contributed by atoms with Crippen molar-refractivity contribution in [3.63, 3.8) is 0 Å². The predicted octanol–water partition coefficient (Wildman–Crippen LogP) is 0.582. The molecule has 2 N–H and O–H groups in total. The fourth-order valence-electron chi connectivity index (χ4n) is 1.54. The third-order valence-corrected chi connectivity index (χ3v) is 4.54. The SMILES string of the molecule is CCCC(CO)(CO)CCS(=O)(=O)CC. The molecule has 5 heteroatoms. The van der Waals surface area contributed by atoms with E-state index in [9.17, 15) is 18.6 Å². The first-order valence-electron chi connectivity index (χ1n) is 5.37. The molecule has 0 aliphatic carbocycles. The van der Waals surface area contributed by atoms with Crippen LogP contribution in [-0.2, 0) is 9.84 Å². The molecule has 0 rings (SSSR count). The Morgan fingerprint density at radius 3 is 1.93 bits per heavy atom. The van der Waals surface area contributed by atoms with Gasteiger partial charge in [0.05, 0.1) is 19.0 Å². The summed E-state index contributed by atoms with van der Waals surface area (Å²) in [6.07, 6.45) is 1.82. The van der Waals surface area contributed by atoms with E-state index < -0.39 is 15.3 Å². The molecule has 0 aromatic heterocycles. The average Bonchev–Trinajstić information content (AvgIpc) is 2.24. The topological polar surface area (TPSA) is 74.6 Å². The fraction of sp³-hybridized carbons (Fsp3) is 1.00. The van der Waals surface area contributed by atoms with Gasteiger partial charge in [-0.3, -0.25) is 0 Å². The van der Waals surface area contributed by atoms with Crippen molar-refractivity contribution in [3.8, 4) is 0 Å². The Bertz CT molecular complexity index is 255. The summed E-state index contributed by atoms with van der Waals surface area (Å²) >= 11 is 0. The molecule has 0 heterocycles. The lowest BCUT2D eigenvalue weighted by molar-refractivity contribution is 0.0439. The first-order chi connectivity index (χ1) is 6.95. The van der Waals surface area contributed by atoms with Crippen LogP contribution in [0.4, 0.5) is 0 Å². The highest BCUT2D eigenvalue weighted by Crippen LogP contribution is 2.27. The Morgan fingerprint density at radius 1 is 1.07 bits per heavy atom. The van der Waals surface area contributed by atoms with Crippen LogP contribution in [0.3, 0.4) is 0 Å². The minimum atomic E-state index is -3.01. The van der Waals surface area contributed by atoms with Gasteiger partial charge in [0.15, 0.2) is 0 Å². The molecule has 0 aliphatic rings. The molecule has 0 aromatic carbocycles. The number of hydrogen-bond donors (Lipinski definition) is 2. The lowest BCUT2D eigenvalue weighted by Gasteiger charge is -2.29. The van der Waals surface area contributed by atoms with Gasteiger partial charge in [-0.15, -0.1) is 0 Å². The van der Waals surface area contributed by atoms with Crippen molar-refractivity contribution in [2.45, 2.75) is 33.1 Å². The highest BCUT2D eigenvalue weighted by atomic mass is 32.2. The molecule has 0 fully saturated rings. The van der Waals surface area contributed by atoms with Gasteiger partial charge in [0.25, 0.3) is 0 Å². The van der Waals surface area contributed by atoms with Crippen LogP contribution >= 0.6 is 0 Å².